The molecule has 3 fully saturated rings. The molecule has 2 heterocycles. The third kappa shape index (κ3) is 2.66. The smallest absolute Gasteiger partial charge is 0.213 e. The summed E-state index contributed by atoms with van der Waals surface area (Å²) in [6.45, 7) is 1.27. The highest BCUT2D eigenvalue weighted by Crippen LogP contribution is 2.69. The minimum absolute atomic E-state index is 0.0864. The first-order chi connectivity index (χ1) is 16.9. The van der Waals surface area contributed by atoms with Crippen LogP contribution < -0.4 is 0 Å². The van der Waals surface area contributed by atoms with Crippen LogP contribution in [0.5, 0.6) is 0 Å². The van der Waals surface area contributed by atoms with Gasteiger partial charge in [-0.15, -0.1) is 0 Å². The Balaban J connectivity index is 1.25. The van der Waals surface area contributed by atoms with Gasteiger partial charge in [-0.1, -0.05) is 60.7 Å². The Kier molecular flexibility index (Phi) is 4.18. The molecule has 6 bridgehead atoms. The van der Waals surface area contributed by atoms with Crippen molar-refractivity contribution in [3.8, 4) is 0 Å². The molecular weight excluding hydrogens is 420 g/mol. The average Bonchev–Trinajstić information content (AvgIpc) is 3.67. The van der Waals surface area contributed by atoms with E-state index in [1.54, 1.807) is 0 Å². The fourth-order valence-electron chi connectivity index (χ4n) is 8.51. The highest BCUT2D eigenvalue weighted by Gasteiger charge is 2.64. The number of hydrogen-bond donors (Lipinski definition) is 0. The maximum atomic E-state index is 6.41. The Labute approximate surface area is 200 Å². The summed E-state index contributed by atoms with van der Waals surface area (Å²) in [6, 6.07) is 21.4. The topological polar surface area (TPSA) is 43.2 Å². The van der Waals surface area contributed by atoms with Crippen molar-refractivity contribution in [3.05, 3.63) is 82.9 Å². The summed E-state index contributed by atoms with van der Waals surface area (Å²) in [6.07, 6.45) is 5.50. The van der Waals surface area contributed by atoms with Gasteiger partial charge in [0.1, 0.15) is 25.3 Å². The van der Waals surface area contributed by atoms with Gasteiger partial charge in [0.25, 0.3) is 0 Å². The molecule has 4 unspecified atom stereocenters. The first-order valence-electron chi connectivity index (χ1n) is 13.1. The first-order valence-corrected chi connectivity index (χ1v) is 13.1. The second-order valence-corrected chi connectivity index (χ2v) is 11.0. The fourth-order valence-corrected chi connectivity index (χ4v) is 8.51. The molecule has 172 valence electrons. The number of benzene rings is 2. The van der Waals surface area contributed by atoms with Crippen LogP contribution in [0.2, 0.25) is 0 Å². The molecule has 5 aliphatic carbocycles. The molecule has 34 heavy (non-hydrogen) atoms. The highest BCUT2D eigenvalue weighted by atomic mass is 16.5. The third-order valence-electron chi connectivity index (χ3n) is 9.70. The molecule has 2 aliphatic heterocycles. The minimum Gasteiger partial charge on any atom is -0.475 e. The van der Waals surface area contributed by atoms with Crippen LogP contribution in [0.15, 0.2) is 81.8 Å². The van der Waals surface area contributed by atoms with E-state index in [0.717, 1.165) is 35.5 Å². The molecule has 0 spiro atoms. The van der Waals surface area contributed by atoms with Gasteiger partial charge >= 0.3 is 0 Å². The monoisotopic (exact) mass is 450 g/mol. The van der Waals surface area contributed by atoms with Gasteiger partial charge in [-0.2, -0.15) is 0 Å². The van der Waals surface area contributed by atoms with Gasteiger partial charge in [0.2, 0.25) is 11.8 Å². The lowest BCUT2D eigenvalue weighted by Gasteiger charge is -2.49. The van der Waals surface area contributed by atoms with E-state index in [1.165, 1.54) is 48.0 Å². The van der Waals surface area contributed by atoms with E-state index >= 15 is 0 Å². The molecule has 2 aromatic rings. The number of rotatable bonds is 4. The zero-order valence-electron chi connectivity index (χ0n) is 19.3. The summed E-state index contributed by atoms with van der Waals surface area (Å²) in [7, 11) is 0. The Bertz CT molecular complexity index is 1100. The quantitative estimate of drug-likeness (QED) is 0.579. The van der Waals surface area contributed by atoms with E-state index in [4.69, 9.17) is 19.5 Å². The van der Waals surface area contributed by atoms with Crippen LogP contribution in [-0.2, 0) is 9.47 Å². The number of aliphatic imine (C=N–C) groups is 2. The molecule has 0 saturated heterocycles. The predicted octanol–water partition coefficient (Wildman–Crippen LogP) is 5.94. The third-order valence-corrected chi connectivity index (χ3v) is 9.70. The summed E-state index contributed by atoms with van der Waals surface area (Å²) in [4.78, 5) is 10.4. The lowest BCUT2D eigenvalue weighted by Crippen LogP contribution is -2.47. The van der Waals surface area contributed by atoms with Crippen LogP contribution in [0.4, 0.5) is 0 Å². The van der Waals surface area contributed by atoms with Gasteiger partial charge in [0.15, 0.2) is 0 Å². The lowest BCUT2D eigenvalue weighted by atomic mass is 9.55. The molecule has 7 aliphatic rings. The molecule has 4 heteroatoms. The maximum absolute atomic E-state index is 6.41. The summed E-state index contributed by atoms with van der Waals surface area (Å²) >= 11 is 0. The van der Waals surface area contributed by atoms with Crippen LogP contribution >= 0.6 is 0 Å². The Morgan fingerprint density at radius 2 is 0.912 bits per heavy atom. The molecule has 2 aromatic carbocycles. The van der Waals surface area contributed by atoms with Gasteiger partial charge in [-0.05, 0) is 72.3 Å². The van der Waals surface area contributed by atoms with Crippen LogP contribution in [0, 0.1) is 35.5 Å². The summed E-state index contributed by atoms with van der Waals surface area (Å²) in [5.41, 5.74) is 5.22. The van der Waals surface area contributed by atoms with Crippen molar-refractivity contribution in [2.24, 2.45) is 45.5 Å². The Morgan fingerprint density at radius 1 is 0.529 bits per heavy atom. The van der Waals surface area contributed by atoms with Gasteiger partial charge in [0.05, 0.1) is 0 Å². The largest absolute Gasteiger partial charge is 0.475 e. The van der Waals surface area contributed by atoms with Crippen LogP contribution in [0.25, 0.3) is 0 Å². The van der Waals surface area contributed by atoms with Crippen LogP contribution in [0.3, 0.4) is 0 Å². The zero-order valence-corrected chi connectivity index (χ0v) is 19.3. The van der Waals surface area contributed by atoms with E-state index in [2.05, 4.69) is 60.7 Å². The summed E-state index contributed by atoms with van der Waals surface area (Å²) in [5, 5.41) is 0. The van der Waals surface area contributed by atoms with Gasteiger partial charge in [-0.3, -0.25) is 0 Å². The van der Waals surface area contributed by atoms with E-state index in [1.807, 2.05) is 0 Å². The van der Waals surface area contributed by atoms with Crippen molar-refractivity contribution in [2.75, 3.05) is 13.2 Å². The molecule has 0 radical (unpaired) electrons. The number of hydrogen-bond acceptors (Lipinski definition) is 4. The van der Waals surface area contributed by atoms with Crippen molar-refractivity contribution in [2.45, 2.75) is 37.8 Å². The molecule has 6 atom stereocenters. The van der Waals surface area contributed by atoms with Crippen LogP contribution in [-0.4, -0.2) is 25.0 Å². The van der Waals surface area contributed by atoms with Gasteiger partial charge < -0.3 is 9.47 Å². The molecular formula is C30H30N2O2. The molecule has 3 saturated carbocycles. The maximum Gasteiger partial charge on any atom is 0.213 e. The normalized spacial score (nSPS) is 39.2. The second kappa shape index (κ2) is 7.31. The molecule has 0 N–H and O–H groups in total. The summed E-state index contributed by atoms with van der Waals surface area (Å²) in [5.74, 6) is 6.11. The van der Waals surface area contributed by atoms with E-state index in [0.29, 0.717) is 25.0 Å². The minimum atomic E-state index is 0.0864. The van der Waals surface area contributed by atoms with Crippen molar-refractivity contribution < 1.29 is 9.47 Å². The lowest BCUT2D eigenvalue weighted by molar-refractivity contribution is 0.0971. The standard InChI is InChI=1S/C30H30N2O2/c1-3-7-17(8-4-1)23-15-33-29(31-23)27-25-19-11-12-20(25)22-14-13-21(19)26(22)28(27)30-32-24(16-34-30)18-9-5-2-6-10-18/h1-10,19-26H,11-16H2/t19?,20?,21?,22?,23-,24-,25?,26?/m0/s1. The molecule has 0 amide bonds. The van der Waals surface area contributed by atoms with Crippen molar-refractivity contribution in [1.29, 1.82) is 0 Å². The number of nitrogens with zero attached hydrogens (tertiary/aromatic N) is 2. The average molecular weight is 451 g/mol. The summed E-state index contributed by atoms with van der Waals surface area (Å²) < 4.78 is 12.8. The highest BCUT2D eigenvalue weighted by molar-refractivity contribution is 6.07. The zero-order chi connectivity index (χ0) is 22.2. The predicted molar refractivity (Wildman–Crippen MR) is 132 cm³/mol. The van der Waals surface area contributed by atoms with Crippen molar-refractivity contribution in [3.63, 3.8) is 0 Å². The Hall–Kier alpha value is -2.88. The van der Waals surface area contributed by atoms with Gasteiger partial charge in [0, 0.05) is 11.1 Å². The molecule has 0 aromatic heterocycles. The van der Waals surface area contributed by atoms with Crippen molar-refractivity contribution >= 4 is 11.8 Å². The SMILES string of the molecule is c1ccc([C@@H]2COC(C3=C(C4=N[C@H](c5ccccc5)CO4)C4C5CCC4C4CCC5C34)=N2)cc1. The van der Waals surface area contributed by atoms with E-state index in [9.17, 15) is 0 Å². The second-order valence-electron chi connectivity index (χ2n) is 11.0. The van der Waals surface area contributed by atoms with E-state index < -0.39 is 0 Å². The van der Waals surface area contributed by atoms with Crippen molar-refractivity contribution in [1.82, 2.24) is 0 Å². The molecule has 4 nitrogen and oxygen atoms in total. The van der Waals surface area contributed by atoms with Gasteiger partial charge in [-0.25, -0.2) is 9.98 Å². The molecule has 9 rings (SSSR count). The van der Waals surface area contributed by atoms with Crippen LogP contribution in [0.1, 0.15) is 48.9 Å². The fraction of sp³-hybridized carbons (Fsp3) is 0.467. The Morgan fingerprint density at radius 3 is 1.29 bits per heavy atom. The number of ether oxygens (including phenoxy) is 2. The van der Waals surface area contributed by atoms with E-state index in [-0.39, 0.29) is 12.1 Å². The first kappa shape index (κ1) is 19.4.